The molecule has 1 N–H and O–H groups in total. The molecule has 0 radical (unpaired) electrons. The lowest BCUT2D eigenvalue weighted by molar-refractivity contribution is 0.112. The van der Waals surface area contributed by atoms with Gasteiger partial charge in [0.25, 0.3) is 0 Å². The predicted octanol–water partition coefficient (Wildman–Crippen LogP) is 1.59. The van der Waals surface area contributed by atoms with Gasteiger partial charge in [-0.2, -0.15) is 0 Å². The highest BCUT2D eigenvalue weighted by molar-refractivity contribution is 5.77. The van der Waals surface area contributed by atoms with Crippen LogP contribution < -0.4 is 14.8 Å². The SMILES string of the molecule is COc1cc(C=O)cc(C2CCNC2)c1OC. The summed E-state index contributed by atoms with van der Waals surface area (Å²) in [5, 5.41) is 3.31. The number of carbonyl (C=O) groups is 1. The van der Waals surface area contributed by atoms with Crippen molar-refractivity contribution in [2.45, 2.75) is 12.3 Å². The van der Waals surface area contributed by atoms with Gasteiger partial charge < -0.3 is 14.8 Å². The number of benzene rings is 1. The summed E-state index contributed by atoms with van der Waals surface area (Å²) in [4.78, 5) is 10.9. The average Bonchev–Trinajstić information content (AvgIpc) is 2.90. The molecule has 92 valence electrons. The molecule has 1 aromatic carbocycles. The minimum absolute atomic E-state index is 0.388. The smallest absolute Gasteiger partial charge is 0.164 e. The van der Waals surface area contributed by atoms with Crippen LogP contribution in [0, 0.1) is 0 Å². The summed E-state index contributed by atoms with van der Waals surface area (Å²) in [6, 6.07) is 3.60. The van der Waals surface area contributed by atoms with E-state index in [0.29, 0.717) is 17.2 Å². The maximum Gasteiger partial charge on any atom is 0.164 e. The van der Waals surface area contributed by atoms with Crippen LogP contribution >= 0.6 is 0 Å². The van der Waals surface area contributed by atoms with Crippen LogP contribution in [0.2, 0.25) is 0 Å². The van der Waals surface area contributed by atoms with E-state index in [1.165, 1.54) is 0 Å². The Morgan fingerprint density at radius 3 is 2.71 bits per heavy atom. The Labute approximate surface area is 101 Å². The molecule has 2 rings (SSSR count). The zero-order valence-electron chi connectivity index (χ0n) is 10.2. The van der Waals surface area contributed by atoms with Crippen molar-refractivity contribution in [1.29, 1.82) is 0 Å². The van der Waals surface area contributed by atoms with Crippen molar-refractivity contribution < 1.29 is 14.3 Å². The van der Waals surface area contributed by atoms with Gasteiger partial charge in [0.05, 0.1) is 14.2 Å². The number of nitrogens with one attached hydrogen (secondary N) is 1. The van der Waals surface area contributed by atoms with Gasteiger partial charge in [-0.25, -0.2) is 0 Å². The summed E-state index contributed by atoms with van der Waals surface area (Å²) in [5.74, 6) is 1.75. The van der Waals surface area contributed by atoms with Crippen molar-refractivity contribution in [3.8, 4) is 11.5 Å². The third-order valence-corrected chi connectivity index (χ3v) is 3.17. The van der Waals surface area contributed by atoms with Crippen molar-refractivity contribution in [3.05, 3.63) is 23.3 Å². The average molecular weight is 235 g/mol. The van der Waals surface area contributed by atoms with Crippen molar-refractivity contribution in [2.24, 2.45) is 0 Å². The molecule has 1 saturated heterocycles. The van der Waals surface area contributed by atoms with Crippen LogP contribution in [0.25, 0.3) is 0 Å². The van der Waals surface area contributed by atoms with Gasteiger partial charge in [-0.1, -0.05) is 0 Å². The fourth-order valence-corrected chi connectivity index (χ4v) is 2.31. The summed E-state index contributed by atoms with van der Waals surface area (Å²) in [6.45, 7) is 1.92. The van der Waals surface area contributed by atoms with E-state index in [2.05, 4.69) is 5.32 Å². The number of aldehydes is 1. The molecule has 0 bridgehead atoms. The minimum atomic E-state index is 0.388. The fourth-order valence-electron chi connectivity index (χ4n) is 2.31. The van der Waals surface area contributed by atoms with Crippen LogP contribution in [0.1, 0.15) is 28.3 Å². The van der Waals surface area contributed by atoms with Gasteiger partial charge in [-0.3, -0.25) is 4.79 Å². The first-order valence-corrected chi connectivity index (χ1v) is 5.72. The molecule has 0 saturated carbocycles. The Morgan fingerprint density at radius 2 is 2.18 bits per heavy atom. The zero-order chi connectivity index (χ0) is 12.3. The fraction of sp³-hybridized carbons (Fsp3) is 0.462. The van der Waals surface area contributed by atoms with E-state index in [0.717, 1.165) is 37.1 Å². The van der Waals surface area contributed by atoms with Crippen LogP contribution in [0.4, 0.5) is 0 Å². The van der Waals surface area contributed by atoms with Crippen LogP contribution in [-0.4, -0.2) is 33.6 Å². The molecule has 1 aromatic rings. The second-order valence-corrected chi connectivity index (χ2v) is 4.15. The topological polar surface area (TPSA) is 47.6 Å². The van der Waals surface area contributed by atoms with Gasteiger partial charge in [0.15, 0.2) is 11.5 Å². The summed E-state index contributed by atoms with van der Waals surface area (Å²) >= 11 is 0. The molecule has 1 aliphatic rings. The molecular formula is C13H17NO3. The number of carbonyl (C=O) groups excluding carboxylic acids is 1. The summed E-state index contributed by atoms with van der Waals surface area (Å²) in [5.41, 5.74) is 1.68. The monoisotopic (exact) mass is 235 g/mol. The molecule has 4 heteroatoms. The van der Waals surface area contributed by atoms with Crippen molar-refractivity contribution in [3.63, 3.8) is 0 Å². The van der Waals surface area contributed by atoms with Crippen LogP contribution in [0.3, 0.4) is 0 Å². The lowest BCUT2D eigenvalue weighted by Gasteiger charge is -2.17. The van der Waals surface area contributed by atoms with Gasteiger partial charge in [-0.05, 0) is 25.1 Å². The van der Waals surface area contributed by atoms with E-state index < -0.39 is 0 Å². The third kappa shape index (κ3) is 2.26. The third-order valence-electron chi connectivity index (χ3n) is 3.17. The summed E-state index contributed by atoms with van der Waals surface area (Å²) < 4.78 is 10.7. The van der Waals surface area contributed by atoms with E-state index in [4.69, 9.17) is 9.47 Å². The van der Waals surface area contributed by atoms with Crippen molar-refractivity contribution >= 4 is 6.29 Å². The van der Waals surface area contributed by atoms with E-state index in [1.807, 2.05) is 6.07 Å². The molecule has 1 unspecified atom stereocenters. The molecule has 0 aliphatic carbocycles. The molecular weight excluding hydrogens is 218 g/mol. The molecule has 1 aliphatic heterocycles. The lowest BCUT2D eigenvalue weighted by atomic mass is 9.95. The molecule has 1 fully saturated rings. The largest absolute Gasteiger partial charge is 0.493 e. The van der Waals surface area contributed by atoms with Gasteiger partial charge in [-0.15, -0.1) is 0 Å². The molecule has 17 heavy (non-hydrogen) atoms. The van der Waals surface area contributed by atoms with Crippen molar-refractivity contribution in [1.82, 2.24) is 5.32 Å². The maximum absolute atomic E-state index is 10.9. The second kappa shape index (κ2) is 5.19. The van der Waals surface area contributed by atoms with Crippen LogP contribution in [0.15, 0.2) is 12.1 Å². The molecule has 4 nitrogen and oxygen atoms in total. The normalized spacial score (nSPS) is 19.1. The van der Waals surface area contributed by atoms with E-state index in [-0.39, 0.29) is 0 Å². The Kier molecular flexibility index (Phi) is 3.64. The highest BCUT2D eigenvalue weighted by Crippen LogP contribution is 2.38. The van der Waals surface area contributed by atoms with Gasteiger partial charge in [0.1, 0.15) is 6.29 Å². The molecule has 1 heterocycles. The van der Waals surface area contributed by atoms with Gasteiger partial charge >= 0.3 is 0 Å². The summed E-state index contributed by atoms with van der Waals surface area (Å²) in [6.07, 6.45) is 1.90. The highest BCUT2D eigenvalue weighted by Gasteiger charge is 2.23. The van der Waals surface area contributed by atoms with E-state index in [1.54, 1.807) is 20.3 Å². The Balaban J connectivity index is 2.49. The number of hydrogen-bond donors (Lipinski definition) is 1. The van der Waals surface area contributed by atoms with Crippen molar-refractivity contribution in [2.75, 3.05) is 27.3 Å². The number of rotatable bonds is 4. The first kappa shape index (κ1) is 11.9. The standard InChI is InChI=1S/C13H17NO3/c1-16-12-6-9(8-15)5-11(13(12)17-2)10-3-4-14-7-10/h5-6,8,10,14H,3-4,7H2,1-2H3. The Bertz CT molecular complexity index is 411. The summed E-state index contributed by atoms with van der Waals surface area (Å²) in [7, 11) is 3.22. The number of methoxy groups -OCH3 is 2. The zero-order valence-corrected chi connectivity index (χ0v) is 10.2. The maximum atomic E-state index is 10.9. The van der Waals surface area contributed by atoms with Crippen LogP contribution in [-0.2, 0) is 0 Å². The predicted molar refractivity (Wildman–Crippen MR) is 65.2 cm³/mol. The molecule has 0 amide bonds. The van der Waals surface area contributed by atoms with Gasteiger partial charge in [0.2, 0.25) is 0 Å². The molecule has 0 spiro atoms. The Hall–Kier alpha value is -1.55. The van der Waals surface area contributed by atoms with E-state index >= 15 is 0 Å². The minimum Gasteiger partial charge on any atom is -0.493 e. The van der Waals surface area contributed by atoms with E-state index in [9.17, 15) is 4.79 Å². The quantitative estimate of drug-likeness (QED) is 0.805. The first-order chi connectivity index (χ1) is 8.30. The number of hydrogen-bond acceptors (Lipinski definition) is 4. The molecule has 1 atom stereocenters. The second-order valence-electron chi connectivity index (χ2n) is 4.15. The lowest BCUT2D eigenvalue weighted by Crippen LogP contribution is -2.09. The highest BCUT2D eigenvalue weighted by atomic mass is 16.5. The Morgan fingerprint density at radius 1 is 1.35 bits per heavy atom. The van der Waals surface area contributed by atoms with Crippen LogP contribution in [0.5, 0.6) is 11.5 Å². The first-order valence-electron chi connectivity index (χ1n) is 5.72. The molecule has 0 aromatic heterocycles. The van der Waals surface area contributed by atoms with Gasteiger partial charge in [0, 0.05) is 23.6 Å². The number of ether oxygens (including phenoxy) is 2.